The van der Waals surface area contributed by atoms with Crippen LogP contribution in [0.25, 0.3) is 0 Å². The molecule has 2 saturated heterocycles. The molecule has 0 aromatic heterocycles. The van der Waals surface area contributed by atoms with Crippen LogP contribution in [0.2, 0.25) is 0 Å². The number of carbonyl (C=O) groups excluding carboxylic acids is 2. The lowest BCUT2D eigenvalue weighted by atomic mass is 9.94. The molecule has 1 aromatic rings. The van der Waals surface area contributed by atoms with E-state index in [0.29, 0.717) is 13.1 Å². The summed E-state index contributed by atoms with van der Waals surface area (Å²) in [6, 6.07) is 8.44. The summed E-state index contributed by atoms with van der Waals surface area (Å²) in [7, 11) is 0. The van der Waals surface area contributed by atoms with Crippen LogP contribution in [0.3, 0.4) is 0 Å². The van der Waals surface area contributed by atoms with Gasteiger partial charge in [0, 0.05) is 30.0 Å². The number of hydrogen-bond acceptors (Lipinski definition) is 2. The van der Waals surface area contributed by atoms with Gasteiger partial charge < -0.3 is 9.80 Å². The molecule has 0 spiro atoms. The minimum absolute atomic E-state index is 0.0333. The fourth-order valence-electron chi connectivity index (χ4n) is 3.80. The van der Waals surface area contributed by atoms with Crippen LogP contribution in [-0.4, -0.2) is 41.2 Å². The third-order valence-electron chi connectivity index (χ3n) is 5.10. The minimum Gasteiger partial charge on any atom is -0.339 e. The Morgan fingerprint density at radius 1 is 1.17 bits per heavy atom. The summed E-state index contributed by atoms with van der Waals surface area (Å²) in [4.78, 5) is 28.5. The first-order chi connectivity index (χ1) is 11.6. The maximum atomic E-state index is 13.0. The highest BCUT2D eigenvalue weighted by Crippen LogP contribution is 2.35. The van der Waals surface area contributed by atoms with Crippen molar-refractivity contribution in [2.75, 3.05) is 19.6 Å². The van der Waals surface area contributed by atoms with Crippen LogP contribution in [0.1, 0.15) is 37.3 Å². The highest BCUT2D eigenvalue weighted by molar-refractivity contribution is 9.10. The van der Waals surface area contributed by atoms with E-state index >= 15 is 0 Å². The number of piperidine rings is 1. The zero-order valence-corrected chi connectivity index (χ0v) is 15.4. The van der Waals surface area contributed by atoms with Crippen molar-refractivity contribution in [2.24, 2.45) is 5.92 Å². The number of halogens is 1. The van der Waals surface area contributed by atoms with Crippen molar-refractivity contribution in [3.63, 3.8) is 0 Å². The zero-order valence-electron chi connectivity index (χ0n) is 13.8. The Morgan fingerprint density at radius 2 is 1.92 bits per heavy atom. The van der Waals surface area contributed by atoms with E-state index in [1.807, 2.05) is 12.1 Å². The molecule has 2 aliphatic rings. The Kier molecular flexibility index (Phi) is 5.39. The zero-order chi connectivity index (χ0) is 17.1. The molecule has 0 bridgehead atoms. The monoisotopic (exact) mass is 390 g/mol. The van der Waals surface area contributed by atoms with Crippen LogP contribution in [0.15, 0.2) is 41.4 Å². The molecule has 5 heteroatoms. The van der Waals surface area contributed by atoms with E-state index in [1.54, 1.807) is 4.90 Å². The molecule has 2 aliphatic heterocycles. The fraction of sp³-hybridized carbons (Fsp3) is 0.474. The van der Waals surface area contributed by atoms with Gasteiger partial charge in [-0.3, -0.25) is 9.59 Å². The normalized spacial score (nSPS) is 21.8. The molecule has 0 saturated carbocycles. The van der Waals surface area contributed by atoms with Crippen molar-refractivity contribution >= 4 is 27.7 Å². The topological polar surface area (TPSA) is 40.6 Å². The van der Waals surface area contributed by atoms with Gasteiger partial charge in [-0.2, -0.15) is 0 Å². The van der Waals surface area contributed by atoms with Crippen molar-refractivity contribution in [2.45, 2.75) is 31.7 Å². The average molecular weight is 391 g/mol. The van der Waals surface area contributed by atoms with Crippen LogP contribution in [0, 0.1) is 5.92 Å². The van der Waals surface area contributed by atoms with Crippen LogP contribution in [0.4, 0.5) is 0 Å². The van der Waals surface area contributed by atoms with Crippen molar-refractivity contribution in [3.05, 3.63) is 47.0 Å². The molecule has 4 nitrogen and oxygen atoms in total. The second kappa shape index (κ2) is 7.51. The molecule has 128 valence electrons. The molecule has 2 fully saturated rings. The van der Waals surface area contributed by atoms with Gasteiger partial charge in [-0.1, -0.05) is 34.6 Å². The Hall–Kier alpha value is -1.62. The summed E-state index contributed by atoms with van der Waals surface area (Å²) in [6.07, 6.45) is 4.93. The van der Waals surface area contributed by atoms with E-state index in [2.05, 4.69) is 39.5 Å². The number of hydrogen-bond donors (Lipinski definition) is 0. The molecule has 3 rings (SSSR count). The van der Waals surface area contributed by atoms with Gasteiger partial charge in [0.2, 0.25) is 11.8 Å². The third-order valence-corrected chi connectivity index (χ3v) is 5.59. The predicted molar refractivity (Wildman–Crippen MR) is 97.3 cm³/mol. The average Bonchev–Trinajstić information content (AvgIpc) is 3.10. The first kappa shape index (κ1) is 17.2. The van der Waals surface area contributed by atoms with Crippen molar-refractivity contribution < 1.29 is 9.59 Å². The van der Waals surface area contributed by atoms with E-state index in [9.17, 15) is 9.59 Å². The lowest BCUT2D eigenvalue weighted by Gasteiger charge is -2.34. The maximum Gasteiger partial charge on any atom is 0.245 e. The van der Waals surface area contributed by atoms with Crippen molar-refractivity contribution in [3.8, 4) is 0 Å². The molecule has 2 heterocycles. The summed E-state index contributed by atoms with van der Waals surface area (Å²) in [5.41, 5.74) is 1.20. The highest BCUT2D eigenvalue weighted by Gasteiger charge is 2.35. The van der Waals surface area contributed by atoms with E-state index in [4.69, 9.17) is 0 Å². The van der Waals surface area contributed by atoms with Gasteiger partial charge in [0.1, 0.15) is 0 Å². The fourth-order valence-corrected chi connectivity index (χ4v) is 4.22. The summed E-state index contributed by atoms with van der Waals surface area (Å²) in [5.74, 6) is 0.254. The summed E-state index contributed by atoms with van der Waals surface area (Å²) < 4.78 is 1.05. The van der Waals surface area contributed by atoms with Crippen LogP contribution in [-0.2, 0) is 9.59 Å². The lowest BCUT2D eigenvalue weighted by Crippen LogP contribution is -2.43. The highest BCUT2D eigenvalue weighted by atomic mass is 79.9. The van der Waals surface area contributed by atoms with Gasteiger partial charge in [-0.15, -0.1) is 0 Å². The maximum absolute atomic E-state index is 13.0. The smallest absolute Gasteiger partial charge is 0.245 e. The number of amides is 2. The van der Waals surface area contributed by atoms with Crippen molar-refractivity contribution in [1.29, 1.82) is 0 Å². The van der Waals surface area contributed by atoms with E-state index in [-0.39, 0.29) is 23.8 Å². The van der Waals surface area contributed by atoms with Crippen LogP contribution in [0.5, 0.6) is 0 Å². The molecule has 1 atom stereocenters. The first-order valence-electron chi connectivity index (χ1n) is 8.57. The first-order valence-corrected chi connectivity index (χ1v) is 9.36. The van der Waals surface area contributed by atoms with E-state index in [0.717, 1.165) is 36.7 Å². The molecule has 0 radical (unpaired) electrons. The quantitative estimate of drug-likeness (QED) is 0.740. The Labute approximate surface area is 151 Å². The number of benzene rings is 1. The second-order valence-corrected chi connectivity index (χ2v) is 7.46. The second-order valence-electron chi connectivity index (χ2n) is 6.55. The largest absolute Gasteiger partial charge is 0.339 e. The van der Waals surface area contributed by atoms with E-state index < -0.39 is 0 Å². The Morgan fingerprint density at radius 3 is 2.58 bits per heavy atom. The SMILES string of the molecule is C=CC(=O)N1CCC(C(=O)N2CCCC2c2cccc(Br)c2)CC1. The molecular weight excluding hydrogens is 368 g/mol. The van der Waals surface area contributed by atoms with E-state index in [1.165, 1.54) is 11.6 Å². The Bertz CT molecular complexity index is 638. The van der Waals surface area contributed by atoms with Crippen LogP contribution >= 0.6 is 15.9 Å². The molecule has 1 aromatic carbocycles. The number of likely N-dealkylation sites (tertiary alicyclic amines) is 2. The number of carbonyl (C=O) groups is 2. The molecule has 0 aliphatic carbocycles. The van der Waals surface area contributed by atoms with Gasteiger partial charge in [0.25, 0.3) is 0 Å². The summed E-state index contributed by atoms with van der Waals surface area (Å²) in [6.45, 7) is 5.67. The van der Waals surface area contributed by atoms with Gasteiger partial charge in [0.05, 0.1) is 6.04 Å². The molecule has 0 N–H and O–H groups in total. The number of rotatable bonds is 3. The molecular formula is C19H23BrN2O2. The summed E-state index contributed by atoms with van der Waals surface area (Å²) in [5, 5.41) is 0. The van der Waals surface area contributed by atoms with Gasteiger partial charge >= 0.3 is 0 Å². The Balaban J connectivity index is 1.66. The number of nitrogens with zero attached hydrogens (tertiary/aromatic N) is 2. The molecule has 24 heavy (non-hydrogen) atoms. The molecule has 1 unspecified atom stereocenters. The van der Waals surface area contributed by atoms with Crippen molar-refractivity contribution in [1.82, 2.24) is 9.80 Å². The van der Waals surface area contributed by atoms with Gasteiger partial charge in [-0.25, -0.2) is 0 Å². The van der Waals surface area contributed by atoms with Gasteiger partial charge in [-0.05, 0) is 49.5 Å². The predicted octanol–water partition coefficient (Wildman–Crippen LogP) is 3.54. The summed E-state index contributed by atoms with van der Waals surface area (Å²) >= 11 is 3.52. The van der Waals surface area contributed by atoms with Crippen LogP contribution < -0.4 is 0 Å². The third kappa shape index (κ3) is 3.56. The molecule has 2 amide bonds. The van der Waals surface area contributed by atoms with Gasteiger partial charge in [0.15, 0.2) is 0 Å². The lowest BCUT2D eigenvalue weighted by molar-refractivity contribution is -0.140. The standard InChI is InChI=1S/C19H23BrN2O2/c1-2-18(23)21-11-8-14(9-12-21)19(24)22-10-4-7-17(22)15-5-3-6-16(20)13-15/h2-3,5-6,13-14,17H,1,4,7-12H2. The minimum atomic E-state index is -0.0333.